The van der Waals surface area contributed by atoms with Crippen molar-refractivity contribution in [2.24, 2.45) is 0 Å². The third-order valence-electron chi connectivity index (χ3n) is 4.80. The number of hydrogen-bond donors (Lipinski definition) is 1. The molecule has 1 atom stereocenters. The van der Waals surface area contributed by atoms with E-state index in [2.05, 4.69) is 19.2 Å². The van der Waals surface area contributed by atoms with Crippen molar-refractivity contribution in [3.63, 3.8) is 0 Å². The molecule has 168 valence electrons. The smallest absolute Gasteiger partial charge is 0.550 e. The number of benzene rings is 1. The van der Waals surface area contributed by atoms with E-state index in [9.17, 15) is 19.5 Å². The number of nitrogens with zero attached hydrogens (tertiary/aromatic N) is 1. The average Bonchev–Trinajstić information content (AvgIpc) is 2.71. The summed E-state index contributed by atoms with van der Waals surface area (Å²) in [4.78, 5) is 38.6. The first kappa shape index (κ1) is 30.2. The number of hydrogen-bond acceptors (Lipinski definition) is 4. The van der Waals surface area contributed by atoms with E-state index in [1.54, 1.807) is 4.90 Å². The number of amides is 2. The summed E-state index contributed by atoms with van der Waals surface area (Å²) in [5.41, 5.74) is 0.249. The Bertz CT molecular complexity index is 709. The fraction of sp³-hybridized carbons (Fsp3) is 0.591. The van der Waals surface area contributed by atoms with E-state index in [4.69, 9.17) is 23.2 Å². The fourth-order valence-corrected chi connectivity index (χ4v) is 3.35. The number of carbonyl (C=O) groups is 3. The van der Waals surface area contributed by atoms with Crippen molar-refractivity contribution in [3.05, 3.63) is 33.8 Å². The number of carboxylic acids is 1. The van der Waals surface area contributed by atoms with Gasteiger partial charge in [-0.2, -0.15) is 0 Å². The number of nitrogens with one attached hydrogen (secondary N) is 1. The van der Waals surface area contributed by atoms with Crippen molar-refractivity contribution in [3.8, 4) is 0 Å². The molecule has 1 rings (SSSR count). The van der Waals surface area contributed by atoms with Gasteiger partial charge in [-0.15, -0.1) is 0 Å². The predicted octanol–water partition coefficient (Wildman–Crippen LogP) is 0.835. The minimum absolute atomic E-state index is 0. The van der Waals surface area contributed by atoms with Crippen molar-refractivity contribution < 1.29 is 49.0 Å². The summed E-state index contributed by atoms with van der Waals surface area (Å²) in [7, 11) is 0. The van der Waals surface area contributed by atoms with Crippen LogP contribution in [0.1, 0.15) is 75.6 Å². The van der Waals surface area contributed by atoms with Crippen molar-refractivity contribution in [1.82, 2.24) is 10.2 Å². The van der Waals surface area contributed by atoms with Crippen LogP contribution in [0.25, 0.3) is 0 Å². The van der Waals surface area contributed by atoms with Crippen LogP contribution in [0.5, 0.6) is 0 Å². The zero-order valence-electron chi connectivity index (χ0n) is 18.7. The summed E-state index contributed by atoms with van der Waals surface area (Å²) in [6, 6.07) is 3.47. The van der Waals surface area contributed by atoms with Gasteiger partial charge in [-0.1, -0.05) is 62.7 Å². The molecule has 1 unspecified atom stereocenters. The molecular weight excluding hydrogens is 450 g/mol. The van der Waals surface area contributed by atoms with Crippen molar-refractivity contribution in [2.75, 3.05) is 13.1 Å². The molecule has 9 heteroatoms. The Morgan fingerprint density at radius 1 is 1.00 bits per heavy atom. The molecule has 0 aliphatic rings. The van der Waals surface area contributed by atoms with Crippen LogP contribution in [0.15, 0.2) is 18.2 Å². The Balaban J connectivity index is 0.00000900. The molecule has 0 aliphatic carbocycles. The van der Waals surface area contributed by atoms with E-state index >= 15 is 0 Å². The summed E-state index contributed by atoms with van der Waals surface area (Å²) in [5.74, 6) is -2.04. The molecule has 31 heavy (non-hydrogen) atoms. The number of halogens is 2. The first-order valence-corrected chi connectivity index (χ1v) is 11.3. The third kappa shape index (κ3) is 11.6. The molecule has 0 saturated carbocycles. The number of unbranched alkanes of at least 4 members (excludes halogenated alkanes) is 4. The molecule has 0 radical (unpaired) electrons. The van der Waals surface area contributed by atoms with Gasteiger partial charge in [-0.3, -0.25) is 9.59 Å². The minimum Gasteiger partial charge on any atom is -0.550 e. The monoisotopic (exact) mass is 480 g/mol. The second-order valence-corrected chi connectivity index (χ2v) is 8.12. The van der Waals surface area contributed by atoms with Crippen LogP contribution >= 0.6 is 23.2 Å². The Kier molecular flexibility index (Phi) is 16.4. The Morgan fingerprint density at radius 3 is 2.06 bits per heavy atom. The van der Waals surface area contributed by atoms with Crippen molar-refractivity contribution in [1.29, 1.82) is 0 Å². The number of aliphatic carboxylic acids is 1. The Morgan fingerprint density at radius 2 is 1.58 bits per heavy atom. The zero-order valence-corrected chi connectivity index (χ0v) is 22.2. The minimum atomic E-state index is -1.26. The van der Waals surface area contributed by atoms with Crippen molar-refractivity contribution in [2.45, 2.75) is 71.3 Å². The summed E-state index contributed by atoms with van der Waals surface area (Å²) >= 11 is 11.9. The summed E-state index contributed by atoms with van der Waals surface area (Å²) in [5, 5.41) is 14.2. The van der Waals surface area contributed by atoms with Gasteiger partial charge in [0.15, 0.2) is 0 Å². The molecular formula is C22H31Cl2N2NaO4. The third-order valence-corrected chi connectivity index (χ3v) is 5.54. The van der Waals surface area contributed by atoms with E-state index < -0.39 is 17.9 Å². The summed E-state index contributed by atoms with van der Waals surface area (Å²) in [6.07, 6.45) is 5.42. The number of rotatable bonds is 14. The SMILES string of the molecule is CCCCCN(CCCCC)C(=O)C(CCC(=O)[O-])NC(=O)c1ccc(Cl)c(Cl)c1.[Na+]. The Hall–Kier alpha value is -0.790. The van der Waals surface area contributed by atoms with Gasteiger partial charge in [0.1, 0.15) is 6.04 Å². The molecule has 6 nitrogen and oxygen atoms in total. The fourth-order valence-electron chi connectivity index (χ4n) is 3.06. The van der Waals surface area contributed by atoms with Crippen LogP contribution in [0, 0.1) is 0 Å². The molecule has 0 aromatic heterocycles. The van der Waals surface area contributed by atoms with Gasteiger partial charge >= 0.3 is 29.6 Å². The molecule has 0 spiro atoms. The van der Waals surface area contributed by atoms with Crippen LogP contribution in [0.3, 0.4) is 0 Å². The maximum Gasteiger partial charge on any atom is 1.00 e. The van der Waals surface area contributed by atoms with Crippen LogP contribution in [-0.2, 0) is 9.59 Å². The van der Waals surface area contributed by atoms with Gasteiger partial charge in [0, 0.05) is 24.6 Å². The molecule has 1 aromatic rings. The van der Waals surface area contributed by atoms with E-state index in [-0.39, 0.29) is 58.9 Å². The molecule has 0 fully saturated rings. The predicted molar refractivity (Wildman–Crippen MR) is 118 cm³/mol. The van der Waals surface area contributed by atoms with Gasteiger partial charge in [-0.05, 0) is 43.9 Å². The second kappa shape index (κ2) is 16.8. The van der Waals surface area contributed by atoms with Gasteiger partial charge in [0.2, 0.25) is 5.91 Å². The molecule has 0 heterocycles. The van der Waals surface area contributed by atoms with E-state index in [1.165, 1.54) is 18.2 Å². The second-order valence-electron chi connectivity index (χ2n) is 7.31. The number of carbonyl (C=O) groups excluding carboxylic acids is 3. The molecule has 2 amide bonds. The molecule has 0 saturated heterocycles. The standard InChI is InChI=1S/C22H32Cl2N2O4.Na/c1-3-5-7-13-26(14-8-6-4-2)22(30)19(11-12-20(27)28)25-21(29)16-9-10-17(23)18(24)15-16;/h9-10,15,19H,3-8,11-14H2,1-2H3,(H,25,29)(H,27,28);/q;+1/p-1. The normalized spacial score (nSPS) is 11.4. The van der Waals surface area contributed by atoms with E-state index in [0.717, 1.165) is 38.5 Å². The first-order valence-electron chi connectivity index (χ1n) is 10.5. The molecule has 0 bridgehead atoms. The Labute approximate surface area is 217 Å². The van der Waals surface area contributed by atoms with Gasteiger partial charge in [0.25, 0.3) is 5.91 Å². The quantitative estimate of drug-likeness (QED) is 0.315. The summed E-state index contributed by atoms with van der Waals surface area (Å²) < 4.78 is 0. The van der Waals surface area contributed by atoms with Crippen LogP contribution < -0.4 is 40.0 Å². The van der Waals surface area contributed by atoms with Crippen LogP contribution in [0.4, 0.5) is 0 Å². The summed E-state index contributed by atoms with van der Waals surface area (Å²) in [6.45, 7) is 5.34. The largest absolute Gasteiger partial charge is 1.00 e. The van der Waals surface area contributed by atoms with E-state index in [1.807, 2.05) is 0 Å². The van der Waals surface area contributed by atoms with Crippen LogP contribution in [0.2, 0.25) is 10.0 Å². The van der Waals surface area contributed by atoms with Crippen LogP contribution in [-0.4, -0.2) is 41.8 Å². The topological polar surface area (TPSA) is 89.5 Å². The molecule has 1 aromatic carbocycles. The zero-order chi connectivity index (χ0) is 22.5. The number of carboxylic acid groups (broad SMARTS) is 1. The maximum absolute atomic E-state index is 13.2. The first-order chi connectivity index (χ1) is 14.3. The maximum atomic E-state index is 13.2. The van der Waals surface area contributed by atoms with Gasteiger partial charge < -0.3 is 20.1 Å². The molecule has 1 N–H and O–H groups in total. The molecule has 0 aliphatic heterocycles. The average molecular weight is 481 g/mol. The van der Waals surface area contributed by atoms with Gasteiger partial charge in [0.05, 0.1) is 10.0 Å². The van der Waals surface area contributed by atoms with Crippen molar-refractivity contribution >= 4 is 41.0 Å². The van der Waals surface area contributed by atoms with Gasteiger partial charge in [-0.25, -0.2) is 0 Å². The van der Waals surface area contributed by atoms with E-state index in [0.29, 0.717) is 18.1 Å².